The Labute approximate surface area is 215 Å². The van der Waals surface area contributed by atoms with E-state index in [0.29, 0.717) is 44.2 Å². The molecule has 1 fully saturated rings. The van der Waals surface area contributed by atoms with Crippen LogP contribution in [0.1, 0.15) is 24.1 Å². The van der Waals surface area contributed by atoms with Crippen molar-refractivity contribution in [2.75, 3.05) is 11.5 Å². The molecule has 0 saturated carbocycles. The van der Waals surface area contributed by atoms with Gasteiger partial charge in [-0.1, -0.05) is 46.7 Å². The zero-order valence-corrected chi connectivity index (χ0v) is 20.7. The lowest BCUT2D eigenvalue weighted by Gasteiger charge is -2.23. The van der Waals surface area contributed by atoms with Crippen molar-refractivity contribution in [3.63, 3.8) is 0 Å². The van der Waals surface area contributed by atoms with Gasteiger partial charge in [0, 0.05) is 15.6 Å². The molecule has 1 aromatic heterocycles. The SMILES string of the molecule is CCOc1ccc2nc(N3C(=O)C(=O)C(=C(O)c4ccc(Cl)cc4)C3c3cccc(Cl)c3)sc2c1. The minimum atomic E-state index is -0.920. The third-order valence-electron chi connectivity index (χ3n) is 5.59. The van der Waals surface area contributed by atoms with Crippen LogP contribution in [0.15, 0.2) is 72.3 Å². The van der Waals surface area contributed by atoms with E-state index in [-0.39, 0.29) is 11.3 Å². The number of ketones is 1. The number of carbonyl (C=O) groups excluding carboxylic acids is 2. The number of fused-ring (bicyclic) bond motifs is 1. The van der Waals surface area contributed by atoms with Crippen molar-refractivity contribution in [2.24, 2.45) is 0 Å². The summed E-state index contributed by atoms with van der Waals surface area (Å²) in [6, 6.07) is 17.8. The molecular formula is C26H18Cl2N2O4S. The third kappa shape index (κ3) is 4.27. The second-order valence-corrected chi connectivity index (χ2v) is 9.67. The Balaban J connectivity index is 1.70. The number of halogens is 2. The van der Waals surface area contributed by atoms with E-state index < -0.39 is 17.7 Å². The highest BCUT2D eigenvalue weighted by Crippen LogP contribution is 2.45. The first kappa shape index (κ1) is 23.4. The minimum Gasteiger partial charge on any atom is -0.507 e. The summed E-state index contributed by atoms with van der Waals surface area (Å²) in [5.74, 6) is -1.20. The van der Waals surface area contributed by atoms with Gasteiger partial charge in [0.15, 0.2) is 5.13 Å². The molecule has 5 rings (SSSR count). The number of aliphatic hydroxyl groups is 1. The largest absolute Gasteiger partial charge is 0.507 e. The van der Waals surface area contributed by atoms with Crippen LogP contribution in [-0.4, -0.2) is 28.4 Å². The number of Topliss-reactive ketones (excluding diaryl/α,β-unsaturated/α-hetero) is 1. The van der Waals surface area contributed by atoms with Crippen molar-refractivity contribution in [2.45, 2.75) is 13.0 Å². The fourth-order valence-electron chi connectivity index (χ4n) is 4.04. The molecule has 1 unspecified atom stereocenters. The molecular weight excluding hydrogens is 507 g/mol. The number of aliphatic hydroxyl groups excluding tert-OH is 1. The number of benzene rings is 3. The van der Waals surface area contributed by atoms with Gasteiger partial charge in [0.25, 0.3) is 5.78 Å². The maximum absolute atomic E-state index is 13.3. The highest BCUT2D eigenvalue weighted by molar-refractivity contribution is 7.22. The van der Waals surface area contributed by atoms with Gasteiger partial charge in [-0.25, -0.2) is 4.98 Å². The normalized spacial score (nSPS) is 17.3. The minimum absolute atomic E-state index is 0.0474. The van der Waals surface area contributed by atoms with Gasteiger partial charge in [0.05, 0.1) is 28.4 Å². The Morgan fingerprint density at radius 3 is 2.54 bits per heavy atom. The Kier molecular flexibility index (Phi) is 6.23. The van der Waals surface area contributed by atoms with Crippen LogP contribution in [0.5, 0.6) is 5.75 Å². The highest BCUT2D eigenvalue weighted by Gasteiger charge is 2.48. The third-order valence-corrected chi connectivity index (χ3v) is 7.10. The van der Waals surface area contributed by atoms with Crippen LogP contribution in [-0.2, 0) is 9.59 Å². The summed E-state index contributed by atoms with van der Waals surface area (Å²) < 4.78 is 6.38. The zero-order chi connectivity index (χ0) is 24.7. The molecule has 0 bridgehead atoms. The van der Waals surface area contributed by atoms with Gasteiger partial charge in [-0.05, 0) is 67.1 Å². The Bertz CT molecular complexity index is 1500. The molecule has 0 radical (unpaired) electrons. The van der Waals surface area contributed by atoms with Crippen LogP contribution in [0.25, 0.3) is 16.0 Å². The number of ether oxygens (including phenoxy) is 1. The first-order valence-corrected chi connectivity index (χ1v) is 12.3. The number of aromatic nitrogens is 1. The topological polar surface area (TPSA) is 79.7 Å². The molecule has 1 atom stereocenters. The number of hydrogen-bond donors (Lipinski definition) is 1. The maximum atomic E-state index is 13.3. The Hall–Kier alpha value is -3.39. The van der Waals surface area contributed by atoms with Gasteiger partial charge >= 0.3 is 5.91 Å². The monoisotopic (exact) mass is 524 g/mol. The van der Waals surface area contributed by atoms with Crippen molar-refractivity contribution in [1.82, 2.24) is 4.98 Å². The highest BCUT2D eigenvalue weighted by atomic mass is 35.5. The van der Waals surface area contributed by atoms with E-state index in [2.05, 4.69) is 4.98 Å². The van der Waals surface area contributed by atoms with Crippen LogP contribution >= 0.6 is 34.5 Å². The summed E-state index contributed by atoms with van der Waals surface area (Å²) in [5, 5.41) is 12.4. The molecule has 4 aromatic rings. The second kappa shape index (κ2) is 9.34. The van der Waals surface area contributed by atoms with Crippen molar-refractivity contribution in [1.29, 1.82) is 0 Å². The molecule has 2 heterocycles. The van der Waals surface area contributed by atoms with Gasteiger partial charge in [0.1, 0.15) is 11.5 Å². The fraction of sp³-hybridized carbons (Fsp3) is 0.115. The van der Waals surface area contributed by atoms with Crippen LogP contribution in [0, 0.1) is 0 Å². The van der Waals surface area contributed by atoms with E-state index in [1.54, 1.807) is 60.7 Å². The molecule has 0 spiro atoms. The summed E-state index contributed by atoms with van der Waals surface area (Å²) >= 11 is 13.5. The molecule has 1 saturated heterocycles. The lowest BCUT2D eigenvalue weighted by Crippen LogP contribution is -2.29. The van der Waals surface area contributed by atoms with Gasteiger partial charge < -0.3 is 9.84 Å². The second-order valence-electron chi connectivity index (χ2n) is 7.79. The van der Waals surface area contributed by atoms with Gasteiger partial charge in [0.2, 0.25) is 0 Å². The van der Waals surface area contributed by atoms with E-state index in [0.717, 1.165) is 4.70 Å². The Morgan fingerprint density at radius 1 is 1.06 bits per heavy atom. The molecule has 1 aliphatic heterocycles. The molecule has 6 nitrogen and oxygen atoms in total. The summed E-state index contributed by atoms with van der Waals surface area (Å²) in [4.78, 5) is 32.6. The molecule has 1 aliphatic rings. The predicted octanol–water partition coefficient (Wildman–Crippen LogP) is 6.63. The average Bonchev–Trinajstić information content (AvgIpc) is 3.37. The van der Waals surface area contributed by atoms with Crippen molar-refractivity contribution >= 4 is 67.3 Å². The van der Waals surface area contributed by atoms with E-state index in [1.807, 2.05) is 13.0 Å². The zero-order valence-electron chi connectivity index (χ0n) is 18.4. The molecule has 1 N–H and O–H groups in total. The Morgan fingerprint density at radius 2 is 1.83 bits per heavy atom. The van der Waals surface area contributed by atoms with Crippen LogP contribution in [0.2, 0.25) is 10.0 Å². The average molecular weight is 525 g/mol. The lowest BCUT2D eigenvalue weighted by molar-refractivity contribution is -0.132. The van der Waals surface area contributed by atoms with Crippen LogP contribution < -0.4 is 9.64 Å². The molecule has 0 aliphatic carbocycles. The van der Waals surface area contributed by atoms with Crippen LogP contribution in [0.3, 0.4) is 0 Å². The first-order valence-electron chi connectivity index (χ1n) is 10.7. The number of hydrogen-bond acceptors (Lipinski definition) is 6. The predicted molar refractivity (Wildman–Crippen MR) is 138 cm³/mol. The van der Waals surface area contributed by atoms with E-state index >= 15 is 0 Å². The molecule has 176 valence electrons. The standard InChI is InChI=1S/C26H18Cl2N2O4S/c1-2-34-18-10-11-19-20(13-18)35-26(29-19)30-22(15-4-3-5-17(28)12-15)21(24(32)25(30)33)23(31)14-6-8-16(27)9-7-14/h3-13,22,31H,2H2,1H3. The van der Waals surface area contributed by atoms with Crippen molar-refractivity contribution in [3.05, 3.63) is 93.5 Å². The number of anilines is 1. The molecule has 35 heavy (non-hydrogen) atoms. The number of amides is 1. The fourth-order valence-corrected chi connectivity index (χ4v) is 5.38. The van der Waals surface area contributed by atoms with Gasteiger partial charge in [-0.3, -0.25) is 14.5 Å². The number of rotatable bonds is 5. The van der Waals surface area contributed by atoms with Crippen LogP contribution in [0.4, 0.5) is 5.13 Å². The molecule has 9 heteroatoms. The first-order chi connectivity index (χ1) is 16.9. The van der Waals surface area contributed by atoms with Gasteiger partial charge in [-0.15, -0.1) is 0 Å². The lowest BCUT2D eigenvalue weighted by atomic mass is 9.95. The number of carbonyl (C=O) groups is 2. The summed E-state index contributed by atoms with van der Waals surface area (Å²) in [6.07, 6.45) is 0. The molecule has 1 amide bonds. The maximum Gasteiger partial charge on any atom is 0.301 e. The van der Waals surface area contributed by atoms with E-state index in [1.165, 1.54) is 16.2 Å². The summed E-state index contributed by atoms with van der Waals surface area (Å²) in [7, 11) is 0. The van der Waals surface area contributed by atoms with E-state index in [4.69, 9.17) is 27.9 Å². The van der Waals surface area contributed by atoms with Crippen molar-refractivity contribution in [3.8, 4) is 5.75 Å². The van der Waals surface area contributed by atoms with Gasteiger partial charge in [-0.2, -0.15) is 0 Å². The molecule has 3 aromatic carbocycles. The number of thiazole rings is 1. The van der Waals surface area contributed by atoms with E-state index in [9.17, 15) is 14.7 Å². The smallest absolute Gasteiger partial charge is 0.301 e. The summed E-state index contributed by atoms with van der Waals surface area (Å²) in [6.45, 7) is 2.42. The quantitative estimate of drug-likeness (QED) is 0.180. The summed E-state index contributed by atoms with van der Waals surface area (Å²) in [5.41, 5.74) is 1.55. The number of nitrogens with zero attached hydrogens (tertiary/aromatic N) is 2. The van der Waals surface area contributed by atoms with Crippen molar-refractivity contribution < 1.29 is 19.4 Å².